The Morgan fingerprint density at radius 1 is 1.44 bits per heavy atom. The molecule has 1 atom stereocenters. The van der Waals surface area contributed by atoms with Crippen LogP contribution in [0.2, 0.25) is 0 Å². The highest BCUT2D eigenvalue weighted by Crippen LogP contribution is 2.15. The Labute approximate surface area is 107 Å². The molecule has 1 aromatic carbocycles. The number of hydrogen-bond acceptors (Lipinski definition) is 4. The van der Waals surface area contributed by atoms with Gasteiger partial charge in [-0.05, 0) is 24.5 Å². The molecular formula is C14H18O4. The van der Waals surface area contributed by atoms with Crippen LogP contribution in [0, 0.1) is 0 Å². The van der Waals surface area contributed by atoms with Gasteiger partial charge < -0.3 is 14.2 Å². The van der Waals surface area contributed by atoms with E-state index in [-0.39, 0.29) is 12.1 Å². The summed E-state index contributed by atoms with van der Waals surface area (Å²) in [6, 6.07) is 7.32. The van der Waals surface area contributed by atoms with Gasteiger partial charge in [-0.3, -0.25) is 0 Å². The predicted molar refractivity (Wildman–Crippen MR) is 66.4 cm³/mol. The molecule has 4 nitrogen and oxygen atoms in total. The van der Waals surface area contributed by atoms with Crippen LogP contribution in [-0.4, -0.2) is 32.4 Å². The monoisotopic (exact) mass is 250 g/mol. The van der Waals surface area contributed by atoms with E-state index in [1.54, 1.807) is 6.07 Å². The Morgan fingerprint density at radius 2 is 2.28 bits per heavy atom. The standard InChI is InChI=1S/C14H18O4/c1-16-14(15)13-7-3-2-5-11(13)9-17-10-12-6-4-8-18-12/h2-3,5,7,12H,4,6,8-10H2,1H3. The minimum absolute atomic E-state index is 0.204. The first-order valence-electron chi connectivity index (χ1n) is 6.17. The number of hydrogen-bond donors (Lipinski definition) is 0. The van der Waals surface area contributed by atoms with Crippen molar-refractivity contribution in [1.29, 1.82) is 0 Å². The highest BCUT2D eigenvalue weighted by atomic mass is 16.5. The lowest BCUT2D eigenvalue weighted by Crippen LogP contribution is -2.15. The van der Waals surface area contributed by atoms with Crippen molar-refractivity contribution < 1.29 is 19.0 Å². The second-order valence-corrected chi connectivity index (χ2v) is 4.30. The summed E-state index contributed by atoms with van der Waals surface area (Å²) >= 11 is 0. The zero-order chi connectivity index (χ0) is 12.8. The minimum atomic E-state index is -0.327. The summed E-state index contributed by atoms with van der Waals surface area (Å²) in [6.07, 6.45) is 2.36. The second-order valence-electron chi connectivity index (χ2n) is 4.30. The maximum atomic E-state index is 11.6. The zero-order valence-corrected chi connectivity index (χ0v) is 10.6. The zero-order valence-electron chi connectivity index (χ0n) is 10.6. The molecule has 0 saturated carbocycles. The summed E-state index contributed by atoms with van der Waals surface area (Å²) in [4.78, 5) is 11.6. The van der Waals surface area contributed by atoms with Gasteiger partial charge in [0.1, 0.15) is 0 Å². The van der Waals surface area contributed by atoms with E-state index in [1.807, 2.05) is 18.2 Å². The molecule has 1 aliphatic heterocycles. The van der Waals surface area contributed by atoms with E-state index < -0.39 is 0 Å². The van der Waals surface area contributed by atoms with E-state index >= 15 is 0 Å². The van der Waals surface area contributed by atoms with Gasteiger partial charge in [-0.2, -0.15) is 0 Å². The number of carbonyl (C=O) groups excluding carboxylic acids is 1. The van der Waals surface area contributed by atoms with Crippen LogP contribution in [0.15, 0.2) is 24.3 Å². The SMILES string of the molecule is COC(=O)c1ccccc1COCC1CCCO1. The van der Waals surface area contributed by atoms with E-state index in [1.165, 1.54) is 7.11 Å². The summed E-state index contributed by atoms with van der Waals surface area (Å²) in [5.41, 5.74) is 1.41. The molecular weight excluding hydrogens is 232 g/mol. The van der Waals surface area contributed by atoms with Crippen LogP contribution in [0.1, 0.15) is 28.8 Å². The molecule has 98 valence electrons. The van der Waals surface area contributed by atoms with E-state index in [0.717, 1.165) is 25.0 Å². The summed E-state index contributed by atoms with van der Waals surface area (Å²) in [6.45, 7) is 1.81. The van der Waals surface area contributed by atoms with Crippen molar-refractivity contribution in [1.82, 2.24) is 0 Å². The van der Waals surface area contributed by atoms with Crippen LogP contribution < -0.4 is 0 Å². The molecule has 0 bridgehead atoms. The van der Waals surface area contributed by atoms with Crippen molar-refractivity contribution in [3.05, 3.63) is 35.4 Å². The average molecular weight is 250 g/mol. The third-order valence-electron chi connectivity index (χ3n) is 3.01. The van der Waals surface area contributed by atoms with Gasteiger partial charge in [0.15, 0.2) is 0 Å². The third-order valence-corrected chi connectivity index (χ3v) is 3.01. The summed E-state index contributed by atoms with van der Waals surface area (Å²) in [7, 11) is 1.38. The molecule has 0 radical (unpaired) electrons. The predicted octanol–water partition coefficient (Wildman–Crippen LogP) is 2.17. The second kappa shape index (κ2) is 6.52. The fraction of sp³-hybridized carbons (Fsp3) is 0.500. The smallest absolute Gasteiger partial charge is 0.338 e. The first-order chi connectivity index (χ1) is 8.81. The molecule has 1 fully saturated rings. The van der Waals surface area contributed by atoms with Crippen LogP contribution in [0.25, 0.3) is 0 Å². The number of methoxy groups -OCH3 is 1. The van der Waals surface area contributed by atoms with Gasteiger partial charge in [-0.1, -0.05) is 18.2 Å². The van der Waals surface area contributed by atoms with Crippen molar-refractivity contribution in [3.63, 3.8) is 0 Å². The lowest BCUT2D eigenvalue weighted by atomic mass is 10.1. The van der Waals surface area contributed by atoms with Crippen LogP contribution in [0.4, 0.5) is 0 Å². The maximum absolute atomic E-state index is 11.6. The fourth-order valence-corrected chi connectivity index (χ4v) is 2.03. The molecule has 0 N–H and O–H groups in total. The molecule has 0 aliphatic carbocycles. The van der Waals surface area contributed by atoms with Gasteiger partial charge in [0.25, 0.3) is 0 Å². The topological polar surface area (TPSA) is 44.8 Å². The number of esters is 1. The highest BCUT2D eigenvalue weighted by Gasteiger charge is 2.16. The molecule has 18 heavy (non-hydrogen) atoms. The van der Waals surface area contributed by atoms with Crippen molar-refractivity contribution in [2.24, 2.45) is 0 Å². The Bertz CT molecular complexity index is 397. The van der Waals surface area contributed by atoms with Gasteiger partial charge in [-0.15, -0.1) is 0 Å². The molecule has 1 unspecified atom stereocenters. The highest BCUT2D eigenvalue weighted by molar-refractivity contribution is 5.90. The third kappa shape index (κ3) is 3.31. The maximum Gasteiger partial charge on any atom is 0.338 e. The molecule has 2 rings (SSSR count). The first-order valence-corrected chi connectivity index (χ1v) is 6.17. The largest absolute Gasteiger partial charge is 0.465 e. The van der Waals surface area contributed by atoms with Crippen molar-refractivity contribution in [3.8, 4) is 0 Å². The van der Waals surface area contributed by atoms with E-state index in [9.17, 15) is 4.79 Å². The Kier molecular flexibility index (Phi) is 4.73. The van der Waals surface area contributed by atoms with Gasteiger partial charge in [0.2, 0.25) is 0 Å². The Hall–Kier alpha value is -1.39. The van der Waals surface area contributed by atoms with E-state index in [0.29, 0.717) is 18.8 Å². The van der Waals surface area contributed by atoms with Crippen molar-refractivity contribution in [2.45, 2.75) is 25.6 Å². The quantitative estimate of drug-likeness (QED) is 0.751. The number of benzene rings is 1. The molecule has 0 amide bonds. The Balaban J connectivity index is 1.89. The normalized spacial score (nSPS) is 18.8. The van der Waals surface area contributed by atoms with Crippen LogP contribution >= 0.6 is 0 Å². The molecule has 0 aromatic heterocycles. The number of rotatable bonds is 5. The molecule has 1 saturated heterocycles. The van der Waals surface area contributed by atoms with E-state index in [2.05, 4.69) is 0 Å². The van der Waals surface area contributed by atoms with Gasteiger partial charge in [-0.25, -0.2) is 4.79 Å². The fourth-order valence-electron chi connectivity index (χ4n) is 2.03. The van der Waals surface area contributed by atoms with Crippen LogP contribution in [0.3, 0.4) is 0 Å². The average Bonchev–Trinajstić information content (AvgIpc) is 2.92. The van der Waals surface area contributed by atoms with Gasteiger partial charge in [0.05, 0.1) is 32.0 Å². The lowest BCUT2D eigenvalue weighted by Gasteiger charge is -2.11. The Morgan fingerprint density at radius 3 is 3.00 bits per heavy atom. The van der Waals surface area contributed by atoms with Crippen molar-refractivity contribution in [2.75, 3.05) is 20.3 Å². The lowest BCUT2D eigenvalue weighted by molar-refractivity contribution is 0.0102. The molecule has 1 heterocycles. The molecule has 0 spiro atoms. The summed E-state index contributed by atoms with van der Waals surface area (Å²) < 4.78 is 15.8. The summed E-state index contributed by atoms with van der Waals surface area (Å²) in [5, 5.41) is 0. The van der Waals surface area contributed by atoms with E-state index in [4.69, 9.17) is 14.2 Å². The van der Waals surface area contributed by atoms with Crippen molar-refractivity contribution >= 4 is 5.97 Å². The first kappa shape index (κ1) is 13.1. The summed E-state index contributed by atoms with van der Waals surface area (Å²) in [5.74, 6) is -0.327. The van der Waals surface area contributed by atoms with Gasteiger partial charge in [0, 0.05) is 6.61 Å². The van der Waals surface area contributed by atoms with Crippen LogP contribution in [-0.2, 0) is 20.8 Å². The minimum Gasteiger partial charge on any atom is -0.465 e. The molecule has 4 heteroatoms. The number of carbonyl (C=O) groups is 1. The number of ether oxygens (including phenoxy) is 3. The molecule has 1 aliphatic rings. The van der Waals surface area contributed by atoms with Crippen LogP contribution in [0.5, 0.6) is 0 Å². The van der Waals surface area contributed by atoms with Gasteiger partial charge >= 0.3 is 5.97 Å². The molecule has 1 aromatic rings.